The maximum atomic E-state index is 13.5. The molecule has 0 bridgehead atoms. The van der Waals surface area contributed by atoms with Gasteiger partial charge in [-0.1, -0.05) is 29.8 Å². The van der Waals surface area contributed by atoms with Crippen LogP contribution in [0.2, 0.25) is 0 Å². The number of para-hydroxylation sites is 1. The molecule has 7 nitrogen and oxygen atoms in total. The number of hydrogen-bond acceptors (Lipinski definition) is 4. The Hall–Kier alpha value is -3.48. The molecular formula is C23H24N3O4+. The first kappa shape index (κ1) is 19.8. The highest BCUT2D eigenvalue weighted by molar-refractivity contribution is 6.29. The van der Waals surface area contributed by atoms with Gasteiger partial charge in [-0.05, 0) is 45.0 Å². The zero-order valence-corrected chi connectivity index (χ0v) is 17.3. The third-order valence-corrected chi connectivity index (χ3v) is 5.52. The van der Waals surface area contributed by atoms with E-state index in [9.17, 15) is 14.4 Å². The van der Waals surface area contributed by atoms with Crippen LogP contribution in [-0.2, 0) is 9.59 Å². The summed E-state index contributed by atoms with van der Waals surface area (Å²) in [6.07, 6.45) is -0.967. The van der Waals surface area contributed by atoms with Crippen molar-refractivity contribution in [3.8, 4) is 5.75 Å². The van der Waals surface area contributed by atoms with Crippen molar-refractivity contribution in [3.63, 3.8) is 0 Å². The van der Waals surface area contributed by atoms with Crippen LogP contribution in [0, 0.1) is 6.92 Å². The number of fused-ring (bicyclic) bond motifs is 3. The molecule has 0 radical (unpaired) electrons. The number of aryl methyl sites for hydroxylation is 1. The lowest BCUT2D eigenvalue weighted by molar-refractivity contribution is -0.418. The number of likely N-dealkylation sites (N-methyl/N-ethyl adjacent to an activating group) is 1. The van der Waals surface area contributed by atoms with Gasteiger partial charge in [0.2, 0.25) is 0 Å². The molecule has 0 fully saturated rings. The van der Waals surface area contributed by atoms with Gasteiger partial charge in [0.1, 0.15) is 11.4 Å². The summed E-state index contributed by atoms with van der Waals surface area (Å²) in [6.45, 7) is 6.66. The Labute approximate surface area is 175 Å². The molecule has 154 valence electrons. The Morgan fingerprint density at radius 1 is 1.07 bits per heavy atom. The van der Waals surface area contributed by atoms with Gasteiger partial charge in [-0.25, -0.2) is 4.79 Å². The second kappa shape index (κ2) is 7.74. The van der Waals surface area contributed by atoms with Gasteiger partial charge in [0, 0.05) is 13.1 Å². The second-order valence-corrected chi connectivity index (χ2v) is 7.32. The number of hydrogen-bond donors (Lipinski definition) is 0. The summed E-state index contributed by atoms with van der Waals surface area (Å²) >= 11 is 0. The molecule has 2 aliphatic heterocycles. The Balaban J connectivity index is 1.83. The van der Waals surface area contributed by atoms with Crippen LogP contribution in [0.1, 0.15) is 25.0 Å². The van der Waals surface area contributed by atoms with E-state index in [1.54, 1.807) is 23.1 Å². The number of rotatable bonds is 5. The maximum absolute atomic E-state index is 13.5. The Bertz CT molecular complexity index is 1050. The minimum Gasteiger partial charge on any atom is -0.469 e. The first-order valence-corrected chi connectivity index (χ1v) is 10.1. The number of carbonyl (C=O) groups is 3. The highest BCUT2D eigenvalue weighted by Crippen LogP contribution is 2.33. The van der Waals surface area contributed by atoms with Gasteiger partial charge in [0.05, 0.1) is 5.56 Å². The SMILES string of the molecule is CCN(CC)C(=O)C[N+]1=C2c3ccccc3OC2C(=O)N(c2ccc(C)cc2)C1=O. The van der Waals surface area contributed by atoms with Gasteiger partial charge in [0.25, 0.3) is 12.0 Å². The molecule has 0 aromatic heterocycles. The molecule has 2 aromatic rings. The fourth-order valence-electron chi connectivity index (χ4n) is 3.89. The minimum atomic E-state index is -0.967. The number of imide groups is 1. The fourth-order valence-corrected chi connectivity index (χ4v) is 3.89. The second-order valence-electron chi connectivity index (χ2n) is 7.32. The van der Waals surface area contributed by atoms with E-state index in [0.29, 0.717) is 35.8 Å². The number of amides is 4. The van der Waals surface area contributed by atoms with Crippen LogP contribution in [0.15, 0.2) is 48.5 Å². The normalized spacial score (nSPS) is 17.6. The Kier molecular flexibility index (Phi) is 5.11. The summed E-state index contributed by atoms with van der Waals surface area (Å²) in [5.74, 6) is -0.103. The van der Waals surface area contributed by atoms with Crippen molar-refractivity contribution in [2.75, 3.05) is 24.5 Å². The predicted octanol–water partition coefficient (Wildman–Crippen LogP) is 2.59. The number of anilines is 1. The number of urea groups is 1. The van der Waals surface area contributed by atoms with Crippen LogP contribution >= 0.6 is 0 Å². The summed E-state index contributed by atoms with van der Waals surface area (Å²) in [7, 11) is 0. The largest absolute Gasteiger partial charge is 0.506 e. The van der Waals surface area contributed by atoms with Crippen molar-refractivity contribution in [1.29, 1.82) is 0 Å². The topological polar surface area (TPSA) is 69.9 Å². The number of carbonyl (C=O) groups excluding carboxylic acids is 3. The predicted molar refractivity (Wildman–Crippen MR) is 112 cm³/mol. The molecule has 2 aliphatic rings. The molecule has 0 saturated heterocycles. The zero-order valence-electron chi connectivity index (χ0n) is 17.3. The average molecular weight is 406 g/mol. The van der Waals surface area contributed by atoms with Crippen LogP contribution < -0.4 is 9.64 Å². The molecule has 0 saturated carbocycles. The van der Waals surface area contributed by atoms with Crippen molar-refractivity contribution in [2.45, 2.75) is 26.9 Å². The highest BCUT2D eigenvalue weighted by Gasteiger charge is 2.54. The van der Waals surface area contributed by atoms with Crippen LogP contribution in [-0.4, -0.2) is 58.8 Å². The third kappa shape index (κ3) is 3.16. The van der Waals surface area contributed by atoms with Gasteiger partial charge < -0.3 is 9.64 Å². The lowest BCUT2D eigenvalue weighted by Crippen LogP contribution is -2.59. The van der Waals surface area contributed by atoms with Crippen molar-refractivity contribution < 1.29 is 23.7 Å². The average Bonchev–Trinajstić information content (AvgIpc) is 3.13. The van der Waals surface area contributed by atoms with E-state index in [0.717, 1.165) is 10.5 Å². The van der Waals surface area contributed by atoms with Crippen molar-refractivity contribution in [2.24, 2.45) is 0 Å². The van der Waals surface area contributed by atoms with E-state index in [1.807, 2.05) is 51.1 Å². The maximum Gasteiger partial charge on any atom is 0.506 e. The van der Waals surface area contributed by atoms with Crippen LogP contribution in [0.25, 0.3) is 0 Å². The first-order valence-electron chi connectivity index (χ1n) is 10.1. The quantitative estimate of drug-likeness (QED) is 0.716. The summed E-state index contributed by atoms with van der Waals surface area (Å²) in [4.78, 5) is 42.4. The van der Waals surface area contributed by atoms with Crippen LogP contribution in [0.4, 0.5) is 10.5 Å². The number of benzene rings is 2. The molecule has 4 rings (SSSR count). The highest BCUT2D eigenvalue weighted by atomic mass is 16.5. The van der Waals surface area contributed by atoms with Gasteiger partial charge in [-0.3, -0.25) is 4.79 Å². The summed E-state index contributed by atoms with van der Waals surface area (Å²) in [5, 5.41) is 0. The molecule has 4 amide bonds. The van der Waals surface area contributed by atoms with Gasteiger partial charge in [-0.2, -0.15) is 9.37 Å². The van der Waals surface area contributed by atoms with E-state index in [-0.39, 0.29) is 12.5 Å². The first-order chi connectivity index (χ1) is 14.5. The molecule has 30 heavy (non-hydrogen) atoms. The molecule has 1 atom stereocenters. The van der Waals surface area contributed by atoms with Crippen LogP contribution in [0.3, 0.4) is 0 Å². The zero-order chi connectivity index (χ0) is 21.4. The van der Waals surface area contributed by atoms with E-state index in [2.05, 4.69) is 0 Å². The van der Waals surface area contributed by atoms with Gasteiger partial charge in [-0.15, -0.1) is 4.90 Å². The van der Waals surface area contributed by atoms with E-state index in [1.165, 1.54) is 4.58 Å². The molecular weight excluding hydrogens is 382 g/mol. The van der Waals surface area contributed by atoms with E-state index in [4.69, 9.17) is 4.74 Å². The molecule has 0 N–H and O–H groups in total. The Morgan fingerprint density at radius 2 is 1.73 bits per heavy atom. The van der Waals surface area contributed by atoms with Gasteiger partial charge in [0.15, 0.2) is 12.3 Å². The van der Waals surface area contributed by atoms with Crippen molar-refractivity contribution in [1.82, 2.24) is 4.90 Å². The van der Waals surface area contributed by atoms with E-state index < -0.39 is 18.0 Å². The molecule has 7 heteroatoms. The summed E-state index contributed by atoms with van der Waals surface area (Å²) in [6, 6.07) is 13.8. The lowest BCUT2D eigenvalue weighted by Gasteiger charge is -2.25. The standard InChI is InChI=1S/C23H24N3O4/c1-4-24(5-2)19(27)14-25-20-17-8-6-7-9-18(17)30-21(20)22(28)26(23(25)29)16-12-10-15(3)11-13-16/h6-13,21H,4-5,14H2,1-3H3/q+1. The smallest absolute Gasteiger partial charge is 0.469 e. The molecule has 2 heterocycles. The molecule has 1 unspecified atom stereocenters. The van der Waals surface area contributed by atoms with Crippen molar-refractivity contribution in [3.05, 3.63) is 59.7 Å². The fraction of sp³-hybridized carbons (Fsp3) is 0.304. The Morgan fingerprint density at radius 3 is 2.40 bits per heavy atom. The minimum absolute atomic E-state index is 0.153. The van der Waals surface area contributed by atoms with Gasteiger partial charge >= 0.3 is 11.9 Å². The molecule has 0 aliphatic carbocycles. The molecule has 2 aromatic carbocycles. The lowest BCUT2D eigenvalue weighted by atomic mass is 10.0. The molecule has 0 spiro atoms. The number of ether oxygens (including phenoxy) is 1. The summed E-state index contributed by atoms with van der Waals surface area (Å²) in [5.41, 5.74) is 2.57. The van der Waals surface area contributed by atoms with Crippen molar-refractivity contribution >= 4 is 29.2 Å². The van der Waals surface area contributed by atoms with E-state index >= 15 is 0 Å². The monoisotopic (exact) mass is 406 g/mol. The summed E-state index contributed by atoms with van der Waals surface area (Å²) < 4.78 is 7.31. The number of nitrogens with zero attached hydrogens (tertiary/aromatic N) is 3. The third-order valence-electron chi connectivity index (χ3n) is 5.52. The van der Waals surface area contributed by atoms with Crippen LogP contribution in [0.5, 0.6) is 5.75 Å².